The highest BCUT2D eigenvalue weighted by atomic mass is 16.2. The maximum absolute atomic E-state index is 13.2. The van der Waals surface area contributed by atoms with E-state index in [1.165, 1.54) is 0 Å². The average molecular weight is 373 g/mol. The number of aryl methyl sites for hydroxylation is 1. The summed E-state index contributed by atoms with van der Waals surface area (Å²) in [6.45, 7) is 3.93. The van der Waals surface area contributed by atoms with Gasteiger partial charge in [0.2, 0.25) is 0 Å². The summed E-state index contributed by atoms with van der Waals surface area (Å²) in [5, 5.41) is 6.22. The Hall–Kier alpha value is -3.21. The van der Waals surface area contributed by atoms with Crippen molar-refractivity contribution in [1.29, 1.82) is 0 Å². The molecular formula is C23H23N3O2. The maximum Gasteiger partial charge on any atom is 0.255 e. The summed E-state index contributed by atoms with van der Waals surface area (Å²) in [4.78, 5) is 30.3. The topological polar surface area (TPSA) is 71.1 Å². The van der Waals surface area contributed by atoms with E-state index in [4.69, 9.17) is 0 Å². The second kappa shape index (κ2) is 7.43. The summed E-state index contributed by atoms with van der Waals surface area (Å²) in [6.07, 6.45) is 3.83. The number of dihydropyridines is 1. The molecule has 1 aliphatic carbocycles. The molecule has 142 valence electrons. The minimum atomic E-state index is -0.367. The summed E-state index contributed by atoms with van der Waals surface area (Å²) in [7, 11) is 0. The Morgan fingerprint density at radius 1 is 1.11 bits per heavy atom. The van der Waals surface area contributed by atoms with Crippen molar-refractivity contribution >= 4 is 17.5 Å². The molecule has 1 aromatic heterocycles. The van der Waals surface area contributed by atoms with Crippen molar-refractivity contribution in [3.63, 3.8) is 0 Å². The Kier molecular flexibility index (Phi) is 4.82. The number of nitrogens with one attached hydrogen (secondary N) is 2. The van der Waals surface area contributed by atoms with Crippen LogP contribution < -0.4 is 10.6 Å². The van der Waals surface area contributed by atoms with Crippen molar-refractivity contribution in [1.82, 2.24) is 10.3 Å². The Morgan fingerprint density at radius 2 is 1.89 bits per heavy atom. The van der Waals surface area contributed by atoms with Gasteiger partial charge in [-0.05, 0) is 44.4 Å². The molecule has 2 aliphatic rings. The van der Waals surface area contributed by atoms with Gasteiger partial charge in [-0.3, -0.25) is 9.59 Å². The second-order valence-electron chi connectivity index (χ2n) is 7.35. The third kappa shape index (κ3) is 3.36. The van der Waals surface area contributed by atoms with E-state index < -0.39 is 0 Å². The molecule has 2 N–H and O–H groups in total. The number of aromatic nitrogens is 1. The minimum Gasteiger partial charge on any atom is -0.362 e. The van der Waals surface area contributed by atoms with Gasteiger partial charge in [-0.2, -0.15) is 0 Å². The first-order valence-electron chi connectivity index (χ1n) is 9.57. The van der Waals surface area contributed by atoms with E-state index in [1.807, 2.05) is 44.2 Å². The number of pyridine rings is 1. The van der Waals surface area contributed by atoms with Crippen LogP contribution in [0.25, 0.3) is 0 Å². The Morgan fingerprint density at radius 3 is 2.61 bits per heavy atom. The molecule has 5 nitrogen and oxygen atoms in total. The van der Waals surface area contributed by atoms with Crippen molar-refractivity contribution in [2.75, 3.05) is 5.32 Å². The van der Waals surface area contributed by atoms with E-state index in [0.717, 1.165) is 40.9 Å². The van der Waals surface area contributed by atoms with E-state index >= 15 is 0 Å². The summed E-state index contributed by atoms with van der Waals surface area (Å²) >= 11 is 0. The highest BCUT2D eigenvalue weighted by molar-refractivity contribution is 6.09. The van der Waals surface area contributed by atoms with Crippen LogP contribution in [0.2, 0.25) is 0 Å². The number of carbonyl (C=O) groups is 2. The van der Waals surface area contributed by atoms with Crippen molar-refractivity contribution in [2.45, 2.75) is 39.0 Å². The first kappa shape index (κ1) is 18.2. The van der Waals surface area contributed by atoms with E-state index in [-0.39, 0.29) is 17.6 Å². The minimum absolute atomic E-state index is 0.120. The molecule has 5 heteroatoms. The van der Waals surface area contributed by atoms with Gasteiger partial charge in [0.25, 0.3) is 5.91 Å². The van der Waals surface area contributed by atoms with Crippen LogP contribution in [0.5, 0.6) is 0 Å². The number of benzene rings is 1. The number of amides is 1. The number of nitrogens with zero attached hydrogens (tertiary/aromatic N) is 1. The maximum atomic E-state index is 13.2. The number of Topliss-reactive ketones (excluding diaryl/α,β-unsaturated/α-hetero) is 1. The zero-order chi connectivity index (χ0) is 19.7. The number of carbonyl (C=O) groups excluding carboxylic acids is 2. The van der Waals surface area contributed by atoms with Gasteiger partial charge < -0.3 is 10.6 Å². The molecular weight excluding hydrogens is 350 g/mol. The number of hydrogen-bond donors (Lipinski definition) is 2. The van der Waals surface area contributed by atoms with Crippen molar-refractivity contribution in [2.24, 2.45) is 0 Å². The fourth-order valence-corrected chi connectivity index (χ4v) is 4.00. The fraction of sp³-hybridized carbons (Fsp3) is 0.261. The highest BCUT2D eigenvalue weighted by Gasteiger charge is 2.38. The number of ketones is 1. The van der Waals surface area contributed by atoms with Crippen LogP contribution in [-0.4, -0.2) is 16.7 Å². The molecule has 0 saturated carbocycles. The van der Waals surface area contributed by atoms with Gasteiger partial charge in [-0.25, -0.2) is 4.98 Å². The molecule has 1 aromatic carbocycles. The molecule has 2 heterocycles. The number of hydrogen-bond acceptors (Lipinski definition) is 4. The molecule has 1 aliphatic heterocycles. The van der Waals surface area contributed by atoms with Gasteiger partial charge in [0.1, 0.15) is 5.82 Å². The Labute approximate surface area is 164 Å². The van der Waals surface area contributed by atoms with E-state index in [2.05, 4.69) is 15.6 Å². The first-order valence-corrected chi connectivity index (χ1v) is 9.57. The average Bonchev–Trinajstić information content (AvgIpc) is 2.68. The SMILES string of the molecule is CC1=C(C(=O)Nc2ccccn2)[C@@H](c2ccc(C)cc2)C2=C(CCCC2=O)N1. The molecule has 0 unspecified atom stereocenters. The van der Waals surface area contributed by atoms with Crippen molar-refractivity contribution in [3.05, 3.63) is 82.3 Å². The van der Waals surface area contributed by atoms with Crippen LogP contribution >= 0.6 is 0 Å². The lowest BCUT2D eigenvalue weighted by Gasteiger charge is -2.34. The molecule has 1 amide bonds. The quantitative estimate of drug-likeness (QED) is 0.853. The van der Waals surface area contributed by atoms with Crippen LogP contribution in [0.4, 0.5) is 5.82 Å². The van der Waals surface area contributed by atoms with Gasteiger partial charge in [0.05, 0.1) is 0 Å². The monoisotopic (exact) mass is 373 g/mol. The Balaban J connectivity index is 1.79. The number of anilines is 1. The molecule has 0 bridgehead atoms. The van der Waals surface area contributed by atoms with Crippen LogP contribution in [-0.2, 0) is 9.59 Å². The molecule has 0 fully saturated rings. The van der Waals surface area contributed by atoms with Crippen molar-refractivity contribution < 1.29 is 9.59 Å². The van der Waals surface area contributed by atoms with Gasteiger partial charge in [0.15, 0.2) is 5.78 Å². The smallest absolute Gasteiger partial charge is 0.255 e. The second-order valence-corrected chi connectivity index (χ2v) is 7.35. The van der Waals surface area contributed by atoms with Gasteiger partial charge in [-0.1, -0.05) is 35.9 Å². The van der Waals surface area contributed by atoms with E-state index in [0.29, 0.717) is 17.8 Å². The predicted octanol–water partition coefficient (Wildman–Crippen LogP) is 4.00. The summed E-state index contributed by atoms with van der Waals surface area (Å²) < 4.78 is 0. The molecule has 0 radical (unpaired) electrons. The summed E-state index contributed by atoms with van der Waals surface area (Å²) in [6, 6.07) is 13.4. The van der Waals surface area contributed by atoms with Crippen LogP contribution in [0.15, 0.2) is 71.2 Å². The first-order chi connectivity index (χ1) is 13.5. The molecule has 2 aromatic rings. The fourth-order valence-electron chi connectivity index (χ4n) is 4.00. The Bertz CT molecular complexity index is 988. The highest BCUT2D eigenvalue weighted by Crippen LogP contribution is 2.42. The molecule has 0 saturated heterocycles. The summed E-state index contributed by atoms with van der Waals surface area (Å²) in [5.74, 6) is 0.00715. The van der Waals surface area contributed by atoms with Crippen molar-refractivity contribution in [3.8, 4) is 0 Å². The molecule has 1 atom stereocenters. The largest absolute Gasteiger partial charge is 0.362 e. The lowest BCUT2D eigenvalue weighted by Crippen LogP contribution is -2.35. The van der Waals surface area contributed by atoms with E-state index in [1.54, 1.807) is 18.3 Å². The van der Waals surface area contributed by atoms with E-state index in [9.17, 15) is 9.59 Å². The van der Waals surface area contributed by atoms with Gasteiger partial charge >= 0.3 is 0 Å². The van der Waals surface area contributed by atoms with Crippen LogP contribution in [0.1, 0.15) is 43.2 Å². The standard InChI is InChI=1S/C23H23N3O2/c1-14-9-11-16(12-10-14)21-20(23(28)26-19-8-3-4-13-24-19)15(2)25-17-6-5-7-18(27)22(17)21/h3-4,8-13,21,25H,5-7H2,1-2H3,(H,24,26,28)/t21-/m1/s1. The zero-order valence-electron chi connectivity index (χ0n) is 16.1. The molecule has 4 rings (SSSR count). The number of rotatable bonds is 3. The number of allylic oxidation sites excluding steroid dienone is 3. The normalized spacial score (nSPS) is 19.2. The van der Waals surface area contributed by atoms with Crippen LogP contribution in [0, 0.1) is 6.92 Å². The molecule has 28 heavy (non-hydrogen) atoms. The molecule has 0 spiro atoms. The van der Waals surface area contributed by atoms with Gasteiger partial charge in [0, 0.05) is 41.1 Å². The third-order valence-electron chi connectivity index (χ3n) is 5.34. The summed E-state index contributed by atoms with van der Waals surface area (Å²) in [5.41, 5.74) is 5.14. The van der Waals surface area contributed by atoms with Crippen LogP contribution in [0.3, 0.4) is 0 Å². The third-order valence-corrected chi connectivity index (χ3v) is 5.34. The lowest BCUT2D eigenvalue weighted by atomic mass is 9.75. The predicted molar refractivity (Wildman–Crippen MR) is 109 cm³/mol. The lowest BCUT2D eigenvalue weighted by molar-refractivity contribution is -0.116. The van der Waals surface area contributed by atoms with Gasteiger partial charge in [-0.15, -0.1) is 0 Å². The zero-order valence-corrected chi connectivity index (χ0v) is 16.1.